The number of nitrogens with zero attached hydrogens (tertiary/aromatic N) is 2. The Morgan fingerprint density at radius 1 is 0.962 bits per heavy atom. The van der Waals surface area contributed by atoms with Gasteiger partial charge in [0.1, 0.15) is 0 Å². The Morgan fingerprint density at radius 2 is 1.62 bits per heavy atom. The topological polar surface area (TPSA) is 52.7 Å². The molecule has 1 fully saturated rings. The first-order valence-corrected chi connectivity index (χ1v) is 8.99. The first-order valence-electron chi connectivity index (χ1n) is 8.61. The Labute approximate surface area is 158 Å². The van der Waals surface area contributed by atoms with E-state index in [0.29, 0.717) is 36.9 Å². The highest BCUT2D eigenvalue weighted by atomic mass is 35.5. The van der Waals surface area contributed by atoms with Gasteiger partial charge in [0.2, 0.25) is 0 Å². The zero-order valence-corrected chi connectivity index (χ0v) is 15.7. The van der Waals surface area contributed by atoms with E-state index in [0.717, 1.165) is 16.8 Å². The third-order valence-electron chi connectivity index (χ3n) is 4.41. The van der Waals surface area contributed by atoms with Crippen molar-refractivity contribution >= 4 is 34.8 Å². The van der Waals surface area contributed by atoms with Crippen LogP contribution in [0.1, 0.15) is 11.1 Å². The van der Waals surface area contributed by atoms with Crippen molar-refractivity contribution in [3.63, 3.8) is 0 Å². The van der Waals surface area contributed by atoms with Gasteiger partial charge in [0.15, 0.2) is 0 Å². The number of hydrogen-bond acceptors (Lipinski definition) is 3. The molecule has 3 rings (SSSR count). The smallest absolute Gasteiger partial charge is 0.313 e. The predicted molar refractivity (Wildman–Crippen MR) is 105 cm³/mol. The summed E-state index contributed by atoms with van der Waals surface area (Å²) in [6, 6.07) is 13.4. The molecule has 0 aromatic heterocycles. The highest BCUT2D eigenvalue weighted by Crippen LogP contribution is 2.21. The zero-order chi connectivity index (χ0) is 18.7. The first-order chi connectivity index (χ1) is 12.4. The molecule has 6 heteroatoms. The summed E-state index contributed by atoms with van der Waals surface area (Å²) in [5, 5.41) is 3.40. The number of nitrogens with one attached hydrogen (secondary N) is 1. The molecule has 0 unspecified atom stereocenters. The van der Waals surface area contributed by atoms with Crippen LogP contribution in [0, 0.1) is 13.8 Å². The van der Waals surface area contributed by atoms with Crippen LogP contribution in [0.5, 0.6) is 0 Å². The van der Waals surface area contributed by atoms with Crippen LogP contribution in [0.15, 0.2) is 42.5 Å². The Kier molecular flexibility index (Phi) is 5.47. The van der Waals surface area contributed by atoms with E-state index in [4.69, 9.17) is 11.6 Å². The predicted octanol–water partition coefficient (Wildman–Crippen LogP) is 3.24. The highest BCUT2D eigenvalue weighted by molar-refractivity contribution is 6.39. The lowest BCUT2D eigenvalue weighted by atomic mass is 10.1. The molecular weight excluding hydrogens is 350 g/mol. The Balaban J connectivity index is 1.58. The lowest BCUT2D eigenvalue weighted by Gasteiger charge is -2.35. The summed E-state index contributed by atoms with van der Waals surface area (Å²) >= 11 is 6.04. The van der Waals surface area contributed by atoms with Crippen molar-refractivity contribution in [2.24, 2.45) is 0 Å². The molecule has 0 radical (unpaired) electrons. The normalized spacial score (nSPS) is 14.3. The summed E-state index contributed by atoms with van der Waals surface area (Å²) < 4.78 is 0. The summed E-state index contributed by atoms with van der Waals surface area (Å²) in [4.78, 5) is 28.5. The number of hydrogen-bond donors (Lipinski definition) is 1. The summed E-state index contributed by atoms with van der Waals surface area (Å²) in [5.74, 6) is -1.08. The van der Waals surface area contributed by atoms with Gasteiger partial charge in [-0.2, -0.15) is 0 Å². The minimum Gasteiger partial charge on any atom is -0.368 e. The molecule has 1 aliphatic rings. The van der Waals surface area contributed by atoms with E-state index in [2.05, 4.69) is 10.2 Å². The average molecular weight is 372 g/mol. The van der Waals surface area contributed by atoms with Crippen molar-refractivity contribution in [1.29, 1.82) is 0 Å². The van der Waals surface area contributed by atoms with Crippen LogP contribution in [-0.4, -0.2) is 42.9 Å². The van der Waals surface area contributed by atoms with E-state index in [1.54, 1.807) is 4.90 Å². The molecule has 0 aliphatic carbocycles. The Hall–Kier alpha value is -2.53. The molecule has 0 saturated carbocycles. The van der Waals surface area contributed by atoms with Crippen LogP contribution in [0.4, 0.5) is 11.4 Å². The van der Waals surface area contributed by atoms with E-state index in [1.165, 1.54) is 0 Å². The minimum atomic E-state index is -0.591. The van der Waals surface area contributed by atoms with Crippen LogP contribution >= 0.6 is 11.6 Å². The van der Waals surface area contributed by atoms with E-state index in [-0.39, 0.29) is 0 Å². The van der Waals surface area contributed by atoms with Gasteiger partial charge >= 0.3 is 11.8 Å². The highest BCUT2D eigenvalue weighted by Gasteiger charge is 2.26. The zero-order valence-electron chi connectivity index (χ0n) is 15.0. The molecule has 1 saturated heterocycles. The maximum atomic E-state index is 12.4. The van der Waals surface area contributed by atoms with Gasteiger partial charge in [-0.15, -0.1) is 0 Å². The number of amides is 2. The van der Waals surface area contributed by atoms with Gasteiger partial charge < -0.3 is 15.1 Å². The molecule has 2 amide bonds. The van der Waals surface area contributed by atoms with E-state index < -0.39 is 11.8 Å². The van der Waals surface area contributed by atoms with Crippen molar-refractivity contribution < 1.29 is 9.59 Å². The molecular formula is C20H22ClN3O2. The maximum absolute atomic E-state index is 12.4. The van der Waals surface area contributed by atoms with Gasteiger partial charge in [-0.25, -0.2) is 0 Å². The summed E-state index contributed by atoms with van der Waals surface area (Å²) in [6.45, 7) is 6.27. The molecule has 0 bridgehead atoms. The molecule has 1 heterocycles. The van der Waals surface area contributed by atoms with Crippen molar-refractivity contribution in [3.8, 4) is 0 Å². The molecule has 26 heavy (non-hydrogen) atoms. The number of benzene rings is 2. The van der Waals surface area contributed by atoms with Crippen molar-refractivity contribution in [3.05, 3.63) is 58.6 Å². The SMILES string of the molecule is Cc1cc(C)cc(NC(=O)C(=O)N2CCN(c3cccc(Cl)c3)CC2)c1. The van der Waals surface area contributed by atoms with Gasteiger partial charge in [-0.3, -0.25) is 9.59 Å². The molecule has 2 aromatic rings. The number of rotatable bonds is 2. The lowest BCUT2D eigenvalue weighted by Crippen LogP contribution is -2.51. The fourth-order valence-corrected chi connectivity index (χ4v) is 3.40. The summed E-state index contributed by atoms with van der Waals surface area (Å²) in [5.41, 5.74) is 3.77. The fraction of sp³-hybridized carbons (Fsp3) is 0.300. The van der Waals surface area contributed by atoms with Crippen molar-refractivity contribution in [2.45, 2.75) is 13.8 Å². The molecule has 1 aliphatic heterocycles. The van der Waals surface area contributed by atoms with Crippen LogP contribution in [0.2, 0.25) is 5.02 Å². The molecule has 1 N–H and O–H groups in total. The molecule has 5 nitrogen and oxygen atoms in total. The Bertz CT molecular complexity index is 809. The minimum absolute atomic E-state index is 0.491. The third kappa shape index (κ3) is 4.35. The van der Waals surface area contributed by atoms with Crippen molar-refractivity contribution in [2.75, 3.05) is 36.4 Å². The first kappa shape index (κ1) is 18.3. The number of carbonyl (C=O) groups is 2. The number of aryl methyl sites for hydroxylation is 2. The summed E-state index contributed by atoms with van der Waals surface area (Å²) in [6.07, 6.45) is 0. The number of anilines is 2. The van der Waals surface area contributed by atoms with E-state index in [1.807, 2.05) is 56.3 Å². The van der Waals surface area contributed by atoms with Gasteiger partial charge in [0.05, 0.1) is 0 Å². The quantitative estimate of drug-likeness (QED) is 0.824. The monoisotopic (exact) mass is 371 g/mol. The van der Waals surface area contributed by atoms with E-state index >= 15 is 0 Å². The van der Waals surface area contributed by atoms with Crippen LogP contribution in [0.25, 0.3) is 0 Å². The lowest BCUT2D eigenvalue weighted by molar-refractivity contribution is -0.143. The van der Waals surface area contributed by atoms with E-state index in [9.17, 15) is 9.59 Å². The standard InChI is InChI=1S/C20H22ClN3O2/c1-14-10-15(2)12-17(11-14)22-19(25)20(26)24-8-6-23(7-9-24)18-5-3-4-16(21)13-18/h3-5,10-13H,6-9H2,1-2H3,(H,22,25). The Morgan fingerprint density at radius 3 is 2.23 bits per heavy atom. The molecule has 0 spiro atoms. The number of halogens is 1. The average Bonchev–Trinajstić information content (AvgIpc) is 2.60. The van der Waals surface area contributed by atoms with Gasteiger partial charge in [-0.1, -0.05) is 23.7 Å². The second-order valence-electron chi connectivity index (χ2n) is 6.59. The molecule has 136 valence electrons. The molecule has 0 atom stereocenters. The van der Waals surface area contributed by atoms with Crippen LogP contribution in [0.3, 0.4) is 0 Å². The van der Waals surface area contributed by atoms with Crippen LogP contribution < -0.4 is 10.2 Å². The van der Waals surface area contributed by atoms with Crippen LogP contribution in [-0.2, 0) is 9.59 Å². The fourth-order valence-electron chi connectivity index (χ4n) is 3.22. The molecule has 2 aromatic carbocycles. The van der Waals surface area contributed by atoms with Crippen molar-refractivity contribution in [1.82, 2.24) is 4.90 Å². The van der Waals surface area contributed by atoms with Gasteiger partial charge in [0, 0.05) is 42.6 Å². The maximum Gasteiger partial charge on any atom is 0.313 e. The second kappa shape index (κ2) is 7.79. The third-order valence-corrected chi connectivity index (χ3v) is 4.65. The van der Waals surface area contributed by atoms with Gasteiger partial charge in [-0.05, 0) is 55.3 Å². The largest absolute Gasteiger partial charge is 0.368 e. The number of carbonyl (C=O) groups excluding carboxylic acids is 2. The second-order valence-corrected chi connectivity index (χ2v) is 7.03. The number of piperazine rings is 1. The van der Waals surface area contributed by atoms with Gasteiger partial charge in [0.25, 0.3) is 0 Å². The summed E-state index contributed by atoms with van der Waals surface area (Å²) in [7, 11) is 0.